The van der Waals surface area contributed by atoms with Gasteiger partial charge in [-0.15, -0.1) is 10.2 Å². The number of ether oxygens (including phenoxy) is 1. The molecule has 0 saturated heterocycles. The molecule has 6 heteroatoms. The molecule has 0 aliphatic heterocycles. The molecule has 1 heterocycles. The van der Waals surface area contributed by atoms with Crippen LogP contribution in [0.3, 0.4) is 0 Å². The Kier molecular flexibility index (Phi) is 5.22. The van der Waals surface area contributed by atoms with Crippen molar-refractivity contribution in [2.75, 3.05) is 12.4 Å². The number of hydrogen-bond donors (Lipinski definition) is 1. The van der Waals surface area contributed by atoms with Gasteiger partial charge in [-0.3, -0.25) is 4.57 Å². The lowest BCUT2D eigenvalue weighted by Crippen LogP contribution is -2.20. The van der Waals surface area contributed by atoms with E-state index in [1.165, 1.54) is 24.6 Å². The van der Waals surface area contributed by atoms with E-state index in [2.05, 4.69) is 26.9 Å². The summed E-state index contributed by atoms with van der Waals surface area (Å²) < 4.78 is 7.74. The van der Waals surface area contributed by atoms with Crippen molar-refractivity contribution in [1.82, 2.24) is 14.8 Å². The maximum absolute atomic E-state index is 10.3. The molecule has 4 rings (SSSR count). The minimum Gasteiger partial charge on any atom is -0.491 e. The lowest BCUT2D eigenvalue weighted by Gasteiger charge is -2.13. The summed E-state index contributed by atoms with van der Waals surface area (Å²) in [5.41, 5.74) is 1.07. The number of hydrogen-bond acceptors (Lipinski definition) is 5. The highest BCUT2D eigenvalue weighted by atomic mass is 32.2. The standard InChI is InChI=1S/C20H21N3O2S/c24-17(13-25-18-9-5-2-6-10-18)14-26-20-22-21-19(15-11-12-15)23(20)16-7-3-1-4-8-16/h1-10,15,17,24H,11-14H2/t17-/m1/s1. The van der Waals surface area contributed by atoms with Crippen molar-refractivity contribution < 1.29 is 9.84 Å². The third kappa shape index (κ3) is 4.08. The summed E-state index contributed by atoms with van der Waals surface area (Å²) in [7, 11) is 0. The van der Waals surface area contributed by atoms with E-state index in [0.29, 0.717) is 11.7 Å². The van der Waals surface area contributed by atoms with Crippen LogP contribution >= 0.6 is 11.8 Å². The molecule has 1 aliphatic carbocycles. The Bertz CT molecular complexity index is 835. The van der Waals surface area contributed by atoms with Gasteiger partial charge < -0.3 is 9.84 Å². The number of para-hydroxylation sites is 2. The van der Waals surface area contributed by atoms with Gasteiger partial charge in [-0.05, 0) is 37.1 Å². The van der Waals surface area contributed by atoms with Crippen LogP contribution in [0.1, 0.15) is 24.6 Å². The van der Waals surface area contributed by atoms with Crippen molar-refractivity contribution in [3.63, 3.8) is 0 Å². The molecule has 1 N–H and O–H groups in total. The topological polar surface area (TPSA) is 60.2 Å². The molecule has 1 aliphatic rings. The van der Waals surface area contributed by atoms with Crippen LogP contribution in [0.15, 0.2) is 65.8 Å². The summed E-state index contributed by atoms with van der Waals surface area (Å²) in [5.74, 6) is 2.79. The van der Waals surface area contributed by atoms with Crippen LogP contribution in [-0.4, -0.2) is 38.3 Å². The van der Waals surface area contributed by atoms with Crippen molar-refractivity contribution in [3.05, 3.63) is 66.5 Å². The second-order valence-electron chi connectivity index (χ2n) is 6.37. The van der Waals surface area contributed by atoms with Crippen molar-refractivity contribution in [2.24, 2.45) is 0 Å². The van der Waals surface area contributed by atoms with E-state index in [9.17, 15) is 5.11 Å². The fourth-order valence-corrected chi connectivity index (χ4v) is 3.59. The molecular formula is C20H21N3O2S. The Morgan fingerprint density at radius 1 is 1.04 bits per heavy atom. The lowest BCUT2D eigenvalue weighted by molar-refractivity contribution is 0.126. The van der Waals surface area contributed by atoms with Crippen molar-refractivity contribution in [2.45, 2.75) is 30.0 Å². The number of benzene rings is 2. The maximum Gasteiger partial charge on any atom is 0.195 e. The monoisotopic (exact) mass is 367 g/mol. The fourth-order valence-electron chi connectivity index (χ4n) is 2.73. The molecule has 0 spiro atoms. The maximum atomic E-state index is 10.3. The summed E-state index contributed by atoms with van der Waals surface area (Å²) in [6.07, 6.45) is 1.76. The van der Waals surface area contributed by atoms with E-state index in [0.717, 1.165) is 22.4 Å². The predicted octanol–water partition coefficient (Wildman–Crippen LogP) is 3.68. The molecule has 5 nitrogen and oxygen atoms in total. The van der Waals surface area contributed by atoms with Gasteiger partial charge in [0.25, 0.3) is 0 Å². The van der Waals surface area contributed by atoms with Gasteiger partial charge in [0.15, 0.2) is 5.16 Å². The van der Waals surface area contributed by atoms with Crippen LogP contribution in [0.25, 0.3) is 5.69 Å². The normalized spacial score (nSPS) is 15.0. The summed E-state index contributed by atoms with van der Waals surface area (Å²) in [5, 5.41) is 19.8. The SMILES string of the molecule is O[C@H](COc1ccccc1)CSc1nnc(C2CC2)n1-c1ccccc1. The first-order valence-corrected chi connectivity index (χ1v) is 9.79. The van der Waals surface area contributed by atoms with E-state index in [4.69, 9.17) is 4.74 Å². The number of nitrogens with zero attached hydrogens (tertiary/aromatic N) is 3. The predicted molar refractivity (Wildman–Crippen MR) is 102 cm³/mol. The van der Waals surface area contributed by atoms with E-state index >= 15 is 0 Å². The molecule has 0 bridgehead atoms. The highest BCUT2D eigenvalue weighted by Gasteiger charge is 2.31. The Balaban J connectivity index is 1.42. The number of rotatable bonds is 8. The van der Waals surface area contributed by atoms with E-state index in [1.807, 2.05) is 48.5 Å². The smallest absolute Gasteiger partial charge is 0.195 e. The summed E-state index contributed by atoms with van der Waals surface area (Å²) in [6.45, 7) is 0.256. The van der Waals surface area contributed by atoms with Crippen molar-refractivity contribution in [3.8, 4) is 11.4 Å². The van der Waals surface area contributed by atoms with Gasteiger partial charge in [0.05, 0.1) is 6.10 Å². The van der Waals surface area contributed by atoms with Crippen molar-refractivity contribution >= 4 is 11.8 Å². The average Bonchev–Trinajstić information content (AvgIpc) is 3.45. The van der Waals surface area contributed by atoms with Gasteiger partial charge in [-0.25, -0.2) is 0 Å². The van der Waals surface area contributed by atoms with Gasteiger partial charge in [-0.1, -0.05) is 48.2 Å². The van der Waals surface area contributed by atoms with Crippen LogP contribution in [-0.2, 0) is 0 Å². The molecule has 0 unspecified atom stereocenters. The quantitative estimate of drug-likeness (QED) is 0.616. The number of aliphatic hydroxyl groups excluding tert-OH is 1. The Labute approximate surface area is 157 Å². The molecule has 1 aromatic heterocycles. The lowest BCUT2D eigenvalue weighted by atomic mass is 10.3. The molecule has 0 amide bonds. The first-order chi connectivity index (χ1) is 12.8. The average molecular weight is 367 g/mol. The summed E-state index contributed by atoms with van der Waals surface area (Å²) in [6, 6.07) is 19.7. The van der Waals surface area contributed by atoms with Gasteiger partial charge in [-0.2, -0.15) is 0 Å². The molecule has 1 atom stereocenters. The van der Waals surface area contributed by atoms with Gasteiger partial charge >= 0.3 is 0 Å². The molecule has 2 aromatic carbocycles. The minimum atomic E-state index is -0.578. The van der Waals surface area contributed by atoms with Crippen LogP contribution in [0.4, 0.5) is 0 Å². The number of aliphatic hydroxyl groups is 1. The fraction of sp³-hybridized carbons (Fsp3) is 0.300. The molecule has 0 radical (unpaired) electrons. The zero-order chi connectivity index (χ0) is 17.8. The van der Waals surface area contributed by atoms with Crippen LogP contribution in [0.5, 0.6) is 5.75 Å². The van der Waals surface area contributed by atoms with E-state index in [-0.39, 0.29) is 6.61 Å². The van der Waals surface area contributed by atoms with Crippen LogP contribution < -0.4 is 4.74 Å². The van der Waals surface area contributed by atoms with Crippen LogP contribution in [0.2, 0.25) is 0 Å². The third-order valence-corrected chi connectivity index (χ3v) is 5.28. The Hall–Kier alpha value is -2.31. The van der Waals surface area contributed by atoms with Crippen LogP contribution in [0, 0.1) is 0 Å². The third-order valence-electron chi connectivity index (χ3n) is 4.21. The van der Waals surface area contributed by atoms with Gasteiger partial charge in [0, 0.05) is 17.4 Å². The van der Waals surface area contributed by atoms with Gasteiger partial charge in [0.1, 0.15) is 18.2 Å². The highest BCUT2D eigenvalue weighted by Crippen LogP contribution is 2.41. The first-order valence-electron chi connectivity index (χ1n) is 8.80. The van der Waals surface area contributed by atoms with E-state index in [1.54, 1.807) is 0 Å². The first kappa shape index (κ1) is 17.1. The Morgan fingerprint density at radius 3 is 2.42 bits per heavy atom. The molecule has 3 aromatic rings. The minimum absolute atomic E-state index is 0.256. The molecule has 134 valence electrons. The second kappa shape index (κ2) is 7.93. The molecular weight excluding hydrogens is 346 g/mol. The van der Waals surface area contributed by atoms with Crippen molar-refractivity contribution in [1.29, 1.82) is 0 Å². The second-order valence-corrected chi connectivity index (χ2v) is 7.36. The summed E-state index contributed by atoms with van der Waals surface area (Å²) >= 11 is 1.51. The zero-order valence-corrected chi connectivity index (χ0v) is 15.2. The zero-order valence-electron chi connectivity index (χ0n) is 14.4. The number of thioether (sulfide) groups is 1. The molecule has 26 heavy (non-hydrogen) atoms. The summed E-state index contributed by atoms with van der Waals surface area (Å²) in [4.78, 5) is 0. The Morgan fingerprint density at radius 2 is 1.73 bits per heavy atom. The molecule has 1 fully saturated rings. The highest BCUT2D eigenvalue weighted by molar-refractivity contribution is 7.99. The van der Waals surface area contributed by atoms with E-state index < -0.39 is 6.10 Å². The van der Waals surface area contributed by atoms with Gasteiger partial charge in [0.2, 0.25) is 0 Å². The number of aromatic nitrogens is 3. The largest absolute Gasteiger partial charge is 0.491 e. The molecule has 1 saturated carbocycles.